The average Bonchev–Trinajstić information content (AvgIpc) is 3.10. The van der Waals surface area contributed by atoms with Crippen molar-refractivity contribution in [3.63, 3.8) is 0 Å². The van der Waals surface area contributed by atoms with Crippen molar-refractivity contribution in [1.82, 2.24) is 9.80 Å². The van der Waals surface area contributed by atoms with E-state index in [0.717, 1.165) is 18.4 Å². The highest BCUT2D eigenvalue weighted by atomic mass is 16.5. The zero-order valence-corrected chi connectivity index (χ0v) is 19.8. The van der Waals surface area contributed by atoms with Crippen LogP contribution in [0.1, 0.15) is 57.1 Å². The van der Waals surface area contributed by atoms with Crippen LogP contribution >= 0.6 is 0 Å². The molecule has 2 amide bonds. The third kappa shape index (κ3) is 5.13. The van der Waals surface area contributed by atoms with Gasteiger partial charge < -0.3 is 19.3 Å². The maximum Gasteiger partial charge on any atom is 0.311 e. The van der Waals surface area contributed by atoms with Gasteiger partial charge in [-0.2, -0.15) is 0 Å². The molecule has 7 nitrogen and oxygen atoms in total. The van der Waals surface area contributed by atoms with Gasteiger partial charge in [-0.05, 0) is 44.6 Å². The molecular weight excluding hydrogens is 420 g/mol. The minimum Gasteiger partial charge on any atom is -0.466 e. The van der Waals surface area contributed by atoms with Crippen molar-refractivity contribution in [2.45, 2.75) is 57.0 Å². The van der Waals surface area contributed by atoms with Gasteiger partial charge in [-0.25, -0.2) is 0 Å². The lowest BCUT2D eigenvalue weighted by Crippen LogP contribution is -2.58. The Morgan fingerprint density at radius 1 is 1.24 bits per heavy atom. The molecule has 1 aromatic carbocycles. The monoisotopic (exact) mass is 456 g/mol. The molecule has 3 rings (SSSR count). The Kier molecular flexibility index (Phi) is 8.67. The van der Waals surface area contributed by atoms with Crippen LogP contribution in [0.25, 0.3) is 0 Å². The molecule has 2 heterocycles. The van der Waals surface area contributed by atoms with Crippen molar-refractivity contribution in [2.24, 2.45) is 5.92 Å². The molecule has 0 aromatic heterocycles. The van der Waals surface area contributed by atoms with Crippen molar-refractivity contribution in [3.05, 3.63) is 48.6 Å². The Hall–Kier alpha value is -2.67. The molecule has 2 aliphatic rings. The van der Waals surface area contributed by atoms with Crippen molar-refractivity contribution >= 4 is 17.8 Å². The summed E-state index contributed by atoms with van der Waals surface area (Å²) in [4.78, 5) is 44.5. The minimum absolute atomic E-state index is 0.0864. The summed E-state index contributed by atoms with van der Waals surface area (Å²) in [5.41, 5.74) is -0.222. The van der Waals surface area contributed by atoms with Crippen LogP contribution in [-0.4, -0.2) is 66.5 Å². The number of carbonyl (C=O) groups excluding carboxylic acids is 3. The lowest BCUT2D eigenvalue weighted by Gasteiger charge is -2.41. The number of amides is 2. The molecule has 1 aromatic rings. The van der Waals surface area contributed by atoms with Gasteiger partial charge in [-0.1, -0.05) is 36.4 Å². The summed E-state index contributed by atoms with van der Waals surface area (Å²) in [6.07, 6.45) is 4.93. The maximum atomic E-state index is 14.1. The highest BCUT2D eigenvalue weighted by Gasteiger charge is 2.61. The van der Waals surface area contributed by atoms with E-state index >= 15 is 0 Å². The van der Waals surface area contributed by atoms with Crippen molar-refractivity contribution < 1.29 is 23.9 Å². The van der Waals surface area contributed by atoms with E-state index in [9.17, 15) is 14.4 Å². The van der Waals surface area contributed by atoms with Gasteiger partial charge >= 0.3 is 5.97 Å². The Morgan fingerprint density at radius 3 is 2.67 bits per heavy atom. The topological polar surface area (TPSA) is 76.2 Å². The van der Waals surface area contributed by atoms with Crippen molar-refractivity contribution in [1.29, 1.82) is 0 Å². The number of benzene rings is 1. The predicted molar refractivity (Wildman–Crippen MR) is 125 cm³/mol. The summed E-state index contributed by atoms with van der Waals surface area (Å²) >= 11 is 0. The number of hydrogen-bond acceptors (Lipinski definition) is 5. The van der Waals surface area contributed by atoms with Crippen molar-refractivity contribution in [2.75, 3.05) is 33.4 Å². The van der Waals surface area contributed by atoms with Crippen LogP contribution in [0.4, 0.5) is 0 Å². The number of likely N-dealkylation sites (tertiary alicyclic amines) is 2. The first-order valence-corrected chi connectivity index (χ1v) is 11.9. The summed E-state index contributed by atoms with van der Waals surface area (Å²) < 4.78 is 10.7. The summed E-state index contributed by atoms with van der Waals surface area (Å²) in [7, 11) is 1.61. The fraction of sp³-hybridized carbons (Fsp3) is 0.577. The molecule has 3 atom stereocenters. The molecule has 2 saturated heterocycles. The van der Waals surface area contributed by atoms with Gasteiger partial charge in [0.25, 0.3) is 0 Å². The van der Waals surface area contributed by atoms with Gasteiger partial charge in [0.2, 0.25) is 11.8 Å². The molecule has 0 N–H and O–H groups in total. The maximum absolute atomic E-state index is 14.1. The van der Waals surface area contributed by atoms with E-state index in [-0.39, 0.29) is 37.2 Å². The van der Waals surface area contributed by atoms with Gasteiger partial charge in [0.15, 0.2) is 0 Å². The lowest BCUT2D eigenvalue weighted by atomic mass is 9.85. The lowest BCUT2D eigenvalue weighted by molar-refractivity contribution is -0.154. The molecular formula is C26H36N2O5. The van der Waals surface area contributed by atoms with Crippen LogP contribution in [0, 0.1) is 5.92 Å². The fourth-order valence-electron chi connectivity index (χ4n) is 5.30. The van der Waals surface area contributed by atoms with E-state index in [4.69, 9.17) is 9.47 Å². The van der Waals surface area contributed by atoms with E-state index < -0.39 is 17.5 Å². The second kappa shape index (κ2) is 11.5. The number of esters is 1. The average molecular weight is 457 g/mol. The van der Waals surface area contributed by atoms with Crippen LogP contribution < -0.4 is 0 Å². The van der Waals surface area contributed by atoms with Gasteiger partial charge in [-0.15, -0.1) is 6.58 Å². The minimum atomic E-state index is -1.07. The van der Waals surface area contributed by atoms with E-state index in [1.165, 1.54) is 0 Å². The van der Waals surface area contributed by atoms with E-state index in [2.05, 4.69) is 6.58 Å². The van der Waals surface area contributed by atoms with Crippen LogP contribution in [0.5, 0.6) is 0 Å². The van der Waals surface area contributed by atoms with Gasteiger partial charge in [0.1, 0.15) is 5.54 Å². The summed E-state index contributed by atoms with van der Waals surface area (Å²) in [6.45, 7) is 7.29. The van der Waals surface area contributed by atoms with E-state index in [0.29, 0.717) is 32.5 Å². The highest BCUT2D eigenvalue weighted by molar-refractivity contribution is 5.94. The van der Waals surface area contributed by atoms with Crippen LogP contribution in [-0.2, 0) is 23.9 Å². The third-order valence-electron chi connectivity index (χ3n) is 6.76. The number of ether oxygens (including phenoxy) is 2. The van der Waals surface area contributed by atoms with Gasteiger partial charge in [0.05, 0.1) is 25.2 Å². The first-order valence-electron chi connectivity index (χ1n) is 11.9. The summed E-state index contributed by atoms with van der Waals surface area (Å²) in [6, 6.07) is 9.00. The molecule has 1 spiro atoms. The summed E-state index contributed by atoms with van der Waals surface area (Å²) in [5, 5.41) is 0. The van der Waals surface area contributed by atoms with Gasteiger partial charge in [0, 0.05) is 26.6 Å². The van der Waals surface area contributed by atoms with Crippen LogP contribution in [0.2, 0.25) is 0 Å². The molecule has 2 aliphatic heterocycles. The smallest absolute Gasteiger partial charge is 0.311 e. The second-order valence-corrected chi connectivity index (χ2v) is 8.78. The van der Waals surface area contributed by atoms with Crippen LogP contribution in [0.3, 0.4) is 0 Å². The predicted octanol–water partition coefficient (Wildman–Crippen LogP) is 3.50. The standard InChI is InChI=1S/C26H36N2O5/c1-4-6-14-22(29)28-23(20-12-8-7-9-13-20)21(24(30)33-5-2)19-26(28)15-10-11-16-27(25(26)31)17-18-32-3/h4,7-9,12-13,21,23H,1,5-6,10-11,14-19H2,2-3H3/t21-,23-,26-/m0/s1. The molecule has 180 valence electrons. The fourth-order valence-corrected chi connectivity index (χ4v) is 5.30. The first-order chi connectivity index (χ1) is 16.0. The van der Waals surface area contributed by atoms with E-state index in [1.54, 1.807) is 29.9 Å². The Morgan fingerprint density at radius 2 is 2.00 bits per heavy atom. The number of nitrogens with zero attached hydrogens (tertiary/aromatic N) is 2. The van der Waals surface area contributed by atoms with E-state index in [1.807, 2.05) is 30.3 Å². The SMILES string of the molecule is C=CCCC(=O)N1[C@@H](c2ccccc2)[C@@H](C(=O)OCC)C[C@]12CCCCN(CCOC)C2=O. The number of methoxy groups -OCH3 is 1. The van der Waals surface area contributed by atoms with Gasteiger partial charge in [-0.3, -0.25) is 14.4 Å². The number of hydrogen-bond donors (Lipinski definition) is 0. The zero-order chi connectivity index (χ0) is 23.8. The third-order valence-corrected chi connectivity index (χ3v) is 6.76. The summed E-state index contributed by atoms with van der Waals surface area (Å²) in [5.74, 6) is -1.18. The molecule has 0 unspecified atom stereocenters. The first kappa shape index (κ1) is 25.0. The molecule has 7 heteroatoms. The number of allylic oxidation sites excluding steroid dienone is 1. The molecule has 0 aliphatic carbocycles. The zero-order valence-electron chi connectivity index (χ0n) is 19.8. The number of carbonyl (C=O) groups is 3. The molecule has 0 radical (unpaired) electrons. The molecule has 33 heavy (non-hydrogen) atoms. The molecule has 0 saturated carbocycles. The largest absolute Gasteiger partial charge is 0.466 e. The number of rotatable bonds is 9. The quantitative estimate of drug-likeness (QED) is 0.420. The Balaban J connectivity index is 2.13. The Bertz CT molecular complexity index is 842. The molecule has 0 bridgehead atoms. The Labute approximate surface area is 196 Å². The second-order valence-electron chi connectivity index (χ2n) is 8.78. The van der Waals surface area contributed by atoms with Crippen molar-refractivity contribution in [3.8, 4) is 0 Å². The normalized spacial score (nSPS) is 25.2. The highest BCUT2D eigenvalue weighted by Crippen LogP contribution is 2.51. The van der Waals surface area contributed by atoms with Crippen LogP contribution in [0.15, 0.2) is 43.0 Å². The molecule has 2 fully saturated rings.